The molecular weight excluding hydrogens is 432 g/mol. The first-order chi connectivity index (χ1) is 16.1. The van der Waals surface area contributed by atoms with Crippen LogP contribution in [0.3, 0.4) is 0 Å². The van der Waals surface area contributed by atoms with Crippen molar-refractivity contribution in [3.8, 4) is 5.75 Å². The first-order valence-electron chi connectivity index (χ1n) is 11.8. The Hall–Kier alpha value is -2.35. The first-order valence-corrected chi connectivity index (χ1v) is 11.8. The summed E-state index contributed by atoms with van der Waals surface area (Å²) in [6, 6.07) is 6.15. The molecule has 0 amide bonds. The van der Waals surface area contributed by atoms with E-state index >= 15 is 0 Å². The first kappa shape index (κ1) is 27.9. The summed E-state index contributed by atoms with van der Waals surface area (Å²) in [6.07, 6.45) is 5.97. The summed E-state index contributed by atoms with van der Waals surface area (Å²) < 4.78 is 23.7. The highest BCUT2D eigenvalue weighted by Crippen LogP contribution is 2.36. The van der Waals surface area contributed by atoms with Crippen LogP contribution in [0, 0.1) is 6.92 Å². The fraction of sp³-hybridized carbons (Fsp3) is 0.615. The van der Waals surface area contributed by atoms with Gasteiger partial charge in [-0.05, 0) is 89.3 Å². The standard InChI is InChI=1S/C26H40N4O4/c1-19-7-10-24(32-14-13-31-18-29-30-28)23(15-19)22-16-21(9-8-20(22)2)34-25(3,4)11-12-33-26(5,6)17-27/h7-8,10,15-16,21H,9,11-14,17-18,27H2,1-6H3. The molecular formula is C26H40N4O4. The predicted molar refractivity (Wildman–Crippen MR) is 136 cm³/mol. The van der Waals surface area contributed by atoms with E-state index < -0.39 is 0 Å². The number of benzene rings is 1. The maximum Gasteiger partial charge on any atom is 0.127 e. The third-order valence-electron chi connectivity index (χ3n) is 5.72. The minimum Gasteiger partial charge on any atom is -0.491 e. The third kappa shape index (κ3) is 9.12. The second-order valence-corrected chi connectivity index (χ2v) is 9.80. The lowest BCUT2D eigenvalue weighted by molar-refractivity contribution is -0.0863. The van der Waals surface area contributed by atoms with E-state index in [1.165, 1.54) is 5.57 Å². The van der Waals surface area contributed by atoms with Crippen LogP contribution in [-0.2, 0) is 14.2 Å². The molecule has 1 aromatic rings. The van der Waals surface area contributed by atoms with E-state index in [0.29, 0.717) is 26.4 Å². The summed E-state index contributed by atoms with van der Waals surface area (Å²) in [5.41, 5.74) is 17.9. The van der Waals surface area contributed by atoms with Crippen LogP contribution in [-0.4, -0.2) is 50.4 Å². The van der Waals surface area contributed by atoms with Gasteiger partial charge in [-0.3, -0.25) is 0 Å². The van der Waals surface area contributed by atoms with Crippen molar-refractivity contribution in [3.05, 3.63) is 57.5 Å². The fourth-order valence-corrected chi connectivity index (χ4v) is 3.60. The molecule has 0 aliphatic heterocycles. The molecule has 8 heteroatoms. The van der Waals surface area contributed by atoms with Gasteiger partial charge in [-0.2, -0.15) is 0 Å². The molecule has 34 heavy (non-hydrogen) atoms. The highest BCUT2D eigenvalue weighted by Gasteiger charge is 2.27. The van der Waals surface area contributed by atoms with Crippen LogP contribution in [0.5, 0.6) is 5.75 Å². The van der Waals surface area contributed by atoms with Crippen molar-refractivity contribution in [3.63, 3.8) is 0 Å². The molecule has 8 nitrogen and oxygen atoms in total. The molecule has 0 fully saturated rings. The Labute approximate surface area is 203 Å². The van der Waals surface area contributed by atoms with Gasteiger partial charge in [0.15, 0.2) is 0 Å². The predicted octanol–water partition coefficient (Wildman–Crippen LogP) is 5.70. The average molecular weight is 473 g/mol. The summed E-state index contributed by atoms with van der Waals surface area (Å²) in [5, 5.41) is 3.36. The minimum absolute atomic E-state index is 0.00280. The van der Waals surface area contributed by atoms with Gasteiger partial charge in [0.25, 0.3) is 0 Å². The topological polar surface area (TPSA) is 112 Å². The number of rotatable bonds is 14. The number of aryl methyl sites for hydroxylation is 1. The van der Waals surface area contributed by atoms with Crippen LogP contribution in [0.1, 0.15) is 58.6 Å². The molecule has 1 atom stereocenters. The maximum absolute atomic E-state index is 8.32. The van der Waals surface area contributed by atoms with Crippen LogP contribution in [0.15, 0.2) is 41.0 Å². The maximum atomic E-state index is 8.32. The molecule has 188 valence electrons. The molecule has 0 spiro atoms. The van der Waals surface area contributed by atoms with Crippen LogP contribution >= 0.6 is 0 Å². The highest BCUT2D eigenvalue weighted by atomic mass is 16.5. The van der Waals surface area contributed by atoms with Gasteiger partial charge in [0.2, 0.25) is 0 Å². The van der Waals surface area contributed by atoms with Crippen LogP contribution in [0.4, 0.5) is 0 Å². The van der Waals surface area contributed by atoms with Crippen LogP contribution < -0.4 is 10.5 Å². The number of nitrogens with zero attached hydrogens (tertiary/aromatic N) is 3. The molecule has 2 N–H and O–H groups in total. The Morgan fingerprint density at radius 1 is 1.12 bits per heavy atom. The van der Waals surface area contributed by atoms with E-state index in [1.54, 1.807) is 0 Å². The number of hydrogen-bond donors (Lipinski definition) is 1. The molecule has 1 unspecified atom stereocenters. The van der Waals surface area contributed by atoms with Crippen LogP contribution in [0.2, 0.25) is 0 Å². The molecule has 0 radical (unpaired) electrons. The number of allylic oxidation sites excluding steroid dienone is 2. The molecule has 0 heterocycles. The van der Waals surface area contributed by atoms with Gasteiger partial charge < -0.3 is 24.7 Å². The second-order valence-electron chi connectivity index (χ2n) is 9.80. The average Bonchev–Trinajstić information content (AvgIpc) is 2.78. The lowest BCUT2D eigenvalue weighted by atomic mass is 9.90. The monoisotopic (exact) mass is 472 g/mol. The molecule has 1 aliphatic rings. The van der Waals surface area contributed by atoms with Gasteiger partial charge in [0.1, 0.15) is 19.1 Å². The lowest BCUT2D eigenvalue weighted by Crippen LogP contribution is -2.37. The largest absolute Gasteiger partial charge is 0.491 e. The number of ether oxygens (including phenoxy) is 4. The normalized spacial score (nSPS) is 16.5. The number of nitrogens with two attached hydrogens (primary N) is 1. The van der Waals surface area contributed by atoms with E-state index in [2.05, 4.69) is 55.9 Å². The van der Waals surface area contributed by atoms with Crippen molar-refractivity contribution in [2.24, 2.45) is 10.8 Å². The van der Waals surface area contributed by atoms with Gasteiger partial charge in [-0.1, -0.05) is 22.8 Å². The molecule has 0 saturated heterocycles. The summed E-state index contributed by atoms with van der Waals surface area (Å²) >= 11 is 0. The fourth-order valence-electron chi connectivity index (χ4n) is 3.60. The lowest BCUT2D eigenvalue weighted by Gasteiger charge is -2.33. The van der Waals surface area contributed by atoms with Crippen molar-refractivity contribution in [1.29, 1.82) is 0 Å². The minimum atomic E-state index is -0.342. The molecule has 1 aliphatic carbocycles. The summed E-state index contributed by atoms with van der Waals surface area (Å²) in [5.74, 6) is 0.786. The SMILES string of the molecule is CC1=CCC(OC(C)(C)CCOC(C)(C)CN)C=C1c1cc(C)ccc1OCCOCN=[N+]=[N-]. The van der Waals surface area contributed by atoms with Crippen molar-refractivity contribution in [2.75, 3.05) is 33.1 Å². The van der Waals surface area contributed by atoms with E-state index in [4.69, 9.17) is 30.2 Å². The van der Waals surface area contributed by atoms with Gasteiger partial charge in [-0.25, -0.2) is 0 Å². The molecule has 0 bridgehead atoms. The van der Waals surface area contributed by atoms with Crippen molar-refractivity contribution < 1.29 is 18.9 Å². The number of hydrogen-bond acceptors (Lipinski definition) is 6. The van der Waals surface area contributed by atoms with Crippen molar-refractivity contribution in [2.45, 2.75) is 71.7 Å². The van der Waals surface area contributed by atoms with Gasteiger partial charge in [0.05, 0.1) is 30.5 Å². The van der Waals surface area contributed by atoms with E-state index in [9.17, 15) is 0 Å². The zero-order valence-corrected chi connectivity index (χ0v) is 21.5. The number of azide groups is 1. The Morgan fingerprint density at radius 2 is 1.88 bits per heavy atom. The van der Waals surface area contributed by atoms with Gasteiger partial charge >= 0.3 is 0 Å². The van der Waals surface area contributed by atoms with Crippen LogP contribution in [0.25, 0.3) is 16.0 Å². The van der Waals surface area contributed by atoms with Crippen molar-refractivity contribution >= 4 is 5.57 Å². The Morgan fingerprint density at radius 3 is 2.59 bits per heavy atom. The highest BCUT2D eigenvalue weighted by molar-refractivity contribution is 5.83. The summed E-state index contributed by atoms with van der Waals surface area (Å²) in [6.45, 7) is 14.1. The van der Waals surface area contributed by atoms with E-state index in [1.807, 2.05) is 26.0 Å². The molecule has 0 aromatic heterocycles. The zero-order valence-electron chi connectivity index (χ0n) is 21.5. The smallest absolute Gasteiger partial charge is 0.127 e. The molecule has 2 rings (SSSR count). The summed E-state index contributed by atoms with van der Waals surface area (Å²) in [7, 11) is 0. The quantitative estimate of drug-likeness (QED) is 0.162. The Balaban J connectivity index is 2.10. The summed E-state index contributed by atoms with van der Waals surface area (Å²) in [4.78, 5) is 2.67. The van der Waals surface area contributed by atoms with Crippen molar-refractivity contribution in [1.82, 2.24) is 0 Å². The zero-order chi connectivity index (χ0) is 25.2. The Kier molecular flexibility index (Phi) is 10.6. The third-order valence-corrected chi connectivity index (χ3v) is 5.72. The second kappa shape index (κ2) is 12.9. The Bertz CT molecular complexity index is 917. The molecule has 0 saturated carbocycles. The molecule has 1 aromatic carbocycles. The van der Waals surface area contributed by atoms with Gasteiger partial charge in [0, 0.05) is 17.0 Å². The van der Waals surface area contributed by atoms with E-state index in [0.717, 1.165) is 35.3 Å². The van der Waals surface area contributed by atoms with E-state index in [-0.39, 0.29) is 24.0 Å². The van der Waals surface area contributed by atoms with Gasteiger partial charge in [-0.15, -0.1) is 0 Å².